The largest absolute Gasteiger partial charge is 0.497 e. The fraction of sp³-hybridized carbons (Fsp3) is 0.111. The van der Waals surface area contributed by atoms with Gasteiger partial charge in [0, 0.05) is 12.1 Å². The second kappa shape index (κ2) is 8.09. The summed E-state index contributed by atoms with van der Waals surface area (Å²) < 4.78 is 25.7. The van der Waals surface area contributed by atoms with E-state index in [2.05, 4.69) is 20.8 Å². The molecule has 0 atom stereocenters. The highest BCUT2D eigenvalue weighted by molar-refractivity contribution is 6.02. The number of nitrogens with zero attached hydrogens (tertiary/aromatic N) is 4. The molecule has 1 N–H and O–H groups in total. The number of anilines is 1. The molecule has 8 nitrogen and oxygen atoms in total. The van der Waals surface area contributed by atoms with Crippen LogP contribution in [-0.4, -0.2) is 40.3 Å². The van der Waals surface area contributed by atoms with Gasteiger partial charge in [-0.15, -0.1) is 5.10 Å². The van der Waals surface area contributed by atoms with Crippen LogP contribution < -0.4 is 14.8 Å². The number of rotatable bonds is 6. The number of hydrogen-bond acceptors (Lipinski definition) is 6. The SMILES string of the molecule is COc1cc(C=CC(=O)Nc2cc(-n3cnnn3)ccc2F)cc(OC)c1. The van der Waals surface area contributed by atoms with Crippen molar-refractivity contribution >= 4 is 17.7 Å². The van der Waals surface area contributed by atoms with Crippen LogP contribution in [0.25, 0.3) is 11.8 Å². The number of carbonyl (C=O) groups excluding carboxylic acids is 1. The van der Waals surface area contributed by atoms with Crippen molar-refractivity contribution in [1.29, 1.82) is 0 Å². The maximum Gasteiger partial charge on any atom is 0.248 e. The number of aromatic nitrogens is 4. The molecule has 3 aromatic rings. The van der Waals surface area contributed by atoms with Gasteiger partial charge in [-0.1, -0.05) is 0 Å². The Balaban J connectivity index is 1.76. The highest BCUT2D eigenvalue weighted by atomic mass is 19.1. The first kappa shape index (κ1) is 18.1. The molecule has 1 heterocycles. The van der Waals surface area contributed by atoms with Crippen LogP contribution >= 0.6 is 0 Å². The van der Waals surface area contributed by atoms with Crippen LogP contribution in [0.15, 0.2) is 48.8 Å². The number of hydrogen-bond donors (Lipinski definition) is 1. The van der Waals surface area contributed by atoms with Gasteiger partial charge in [0.05, 0.1) is 25.6 Å². The molecule has 138 valence electrons. The van der Waals surface area contributed by atoms with Gasteiger partial charge in [-0.25, -0.2) is 9.07 Å². The fourth-order valence-electron chi connectivity index (χ4n) is 2.30. The average Bonchev–Trinajstić information content (AvgIpc) is 3.22. The van der Waals surface area contributed by atoms with Crippen LogP contribution in [0.4, 0.5) is 10.1 Å². The number of amides is 1. The molecule has 2 aromatic carbocycles. The minimum atomic E-state index is -0.573. The Morgan fingerprint density at radius 2 is 1.89 bits per heavy atom. The molecule has 0 bridgehead atoms. The molecule has 0 spiro atoms. The monoisotopic (exact) mass is 369 g/mol. The third kappa shape index (κ3) is 4.46. The van der Waals surface area contributed by atoms with Crippen molar-refractivity contribution in [3.63, 3.8) is 0 Å². The van der Waals surface area contributed by atoms with E-state index in [0.29, 0.717) is 22.7 Å². The highest BCUT2D eigenvalue weighted by Crippen LogP contribution is 2.23. The summed E-state index contributed by atoms with van der Waals surface area (Å²) in [5, 5.41) is 13.3. The van der Waals surface area contributed by atoms with Crippen LogP contribution in [0, 0.1) is 5.82 Å². The van der Waals surface area contributed by atoms with Crippen LogP contribution in [0.2, 0.25) is 0 Å². The Morgan fingerprint density at radius 3 is 2.52 bits per heavy atom. The van der Waals surface area contributed by atoms with Gasteiger partial charge in [0.1, 0.15) is 23.6 Å². The molecule has 0 saturated carbocycles. The smallest absolute Gasteiger partial charge is 0.248 e. The number of carbonyl (C=O) groups is 1. The summed E-state index contributed by atoms with van der Waals surface area (Å²) in [4.78, 5) is 12.2. The molecule has 3 rings (SSSR count). The van der Waals surface area contributed by atoms with E-state index in [1.807, 2.05) is 0 Å². The van der Waals surface area contributed by atoms with Gasteiger partial charge < -0.3 is 14.8 Å². The van der Waals surface area contributed by atoms with Crippen molar-refractivity contribution in [2.75, 3.05) is 19.5 Å². The normalized spacial score (nSPS) is 10.8. The molecule has 0 radical (unpaired) electrons. The van der Waals surface area contributed by atoms with Gasteiger partial charge in [0.2, 0.25) is 5.91 Å². The Morgan fingerprint density at radius 1 is 1.15 bits per heavy atom. The summed E-state index contributed by atoms with van der Waals surface area (Å²) in [6, 6.07) is 9.36. The minimum Gasteiger partial charge on any atom is -0.497 e. The first-order chi connectivity index (χ1) is 13.1. The van der Waals surface area contributed by atoms with Crippen LogP contribution in [-0.2, 0) is 4.79 Å². The zero-order valence-corrected chi connectivity index (χ0v) is 14.6. The number of benzene rings is 2. The quantitative estimate of drug-likeness (QED) is 0.671. The summed E-state index contributed by atoms with van der Waals surface area (Å²) in [7, 11) is 3.07. The molecular formula is C18H16FN5O3. The Hall–Kier alpha value is -3.75. The summed E-state index contributed by atoms with van der Waals surface area (Å²) in [5.74, 6) is 0.116. The van der Waals surface area contributed by atoms with E-state index in [1.165, 1.54) is 49.5 Å². The lowest BCUT2D eigenvalue weighted by molar-refractivity contribution is -0.111. The Labute approximate surface area is 154 Å². The lowest BCUT2D eigenvalue weighted by atomic mass is 10.2. The number of ether oxygens (including phenoxy) is 2. The van der Waals surface area contributed by atoms with Crippen molar-refractivity contribution in [3.8, 4) is 17.2 Å². The molecule has 0 aliphatic heterocycles. The Kier molecular flexibility index (Phi) is 5.41. The predicted molar refractivity (Wildman–Crippen MR) is 96.3 cm³/mol. The summed E-state index contributed by atoms with van der Waals surface area (Å²) in [5.41, 5.74) is 1.23. The second-order valence-corrected chi connectivity index (χ2v) is 5.39. The molecule has 27 heavy (non-hydrogen) atoms. The topological polar surface area (TPSA) is 91.2 Å². The van der Waals surface area contributed by atoms with Crippen LogP contribution in [0.1, 0.15) is 5.56 Å². The van der Waals surface area contributed by atoms with E-state index in [1.54, 1.807) is 24.3 Å². The number of halogens is 1. The molecule has 0 aliphatic carbocycles. The predicted octanol–water partition coefficient (Wildman–Crippen LogP) is 2.47. The molecule has 9 heteroatoms. The van der Waals surface area contributed by atoms with E-state index in [4.69, 9.17) is 9.47 Å². The maximum absolute atomic E-state index is 14.0. The van der Waals surface area contributed by atoms with Gasteiger partial charge in [-0.2, -0.15) is 0 Å². The first-order valence-electron chi connectivity index (χ1n) is 7.84. The van der Waals surface area contributed by atoms with Crippen molar-refractivity contribution in [2.24, 2.45) is 0 Å². The lowest BCUT2D eigenvalue weighted by Gasteiger charge is -2.07. The average molecular weight is 369 g/mol. The number of methoxy groups -OCH3 is 2. The minimum absolute atomic E-state index is 0.0147. The van der Waals surface area contributed by atoms with Crippen molar-refractivity contribution < 1.29 is 18.7 Å². The zero-order chi connectivity index (χ0) is 19.2. The molecule has 0 aliphatic rings. The summed E-state index contributed by atoms with van der Waals surface area (Å²) in [6.45, 7) is 0. The van der Waals surface area contributed by atoms with Crippen molar-refractivity contribution in [3.05, 3.63) is 60.2 Å². The number of nitrogens with one attached hydrogen (secondary N) is 1. The number of tetrazole rings is 1. The van der Waals surface area contributed by atoms with E-state index in [0.717, 1.165) is 0 Å². The molecular weight excluding hydrogens is 353 g/mol. The molecule has 1 aromatic heterocycles. The third-order valence-corrected chi connectivity index (χ3v) is 3.62. The fourth-order valence-corrected chi connectivity index (χ4v) is 2.30. The lowest BCUT2D eigenvalue weighted by Crippen LogP contribution is -2.10. The molecule has 1 amide bonds. The standard InChI is InChI=1S/C18H16FN5O3/c1-26-14-7-12(8-15(10-14)27-2)3-6-18(25)21-17-9-13(4-5-16(17)19)24-11-20-22-23-24/h3-11H,1-2H3,(H,21,25). The summed E-state index contributed by atoms with van der Waals surface area (Å²) >= 11 is 0. The second-order valence-electron chi connectivity index (χ2n) is 5.39. The van der Waals surface area contributed by atoms with Crippen LogP contribution in [0.5, 0.6) is 11.5 Å². The highest BCUT2D eigenvalue weighted by Gasteiger charge is 2.08. The van der Waals surface area contributed by atoms with Crippen LogP contribution in [0.3, 0.4) is 0 Å². The van der Waals surface area contributed by atoms with E-state index in [9.17, 15) is 9.18 Å². The van der Waals surface area contributed by atoms with Gasteiger partial charge in [0.15, 0.2) is 0 Å². The van der Waals surface area contributed by atoms with Gasteiger partial charge in [0.25, 0.3) is 0 Å². The van der Waals surface area contributed by atoms with E-state index in [-0.39, 0.29) is 5.69 Å². The Bertz CT molecular complexity index is 951. The third-order valence-electron chi connectivity index (χ3n) is 3.62. The van der Waals surface area contributed by atoms with Gasteiger partial charge in [-0.05, 0) is 52.4 Å². The molecule has 0 fully saturated rings. The summed E-state index contributed by atoms with van der Waals surface area (Å²) in [6.07, 6.45) is 4.23. The van der Waals surface area contributed by atoms with E-state index < -0.39 is 11.7 Å². The van der Waals surface area contributed by atoms with Gasteiger partial charge in [-0.3, -0.25) is 4.79 Å². The van der Waals surface area contributed by atoms with Crippen molar-refractivity contribution in [2.45, 2.75) is 0 Å². The maximum atomic E-state index is 14.0. The van der Waals surface area contributed by atoms with Gasteiger partial charge >= 0.3 is 0 Å². The molecule has 0 saturated heterocycles. The molecule has 0 unspecified atom stereocenters. The first-order valence-corrected chi connectivity index (χ1v) is 7.84. The zero-order valence-electron chi connectivity index (χ0n) is 14.6. The van der Waals surface area contributed by atoms with E-state index >= 15 is 0 Å². The van der Waals surface area contributed by atoms with Crippen molar-refractivity contribution in [1.82, 2.24) is 20.2 Å².